The van der Waals surface area contributed by atoms with Crippen molar-refractivity contribution in [3.05, 3.63) is 35.4 Å². The number of halogens is 1. The van der Waals surface area contributed by atoms with Crippen molar-refractivity contribution in [2.45, 2.75) is 88.8 Å². The van der Waals surface area contributed by atoms with Crippen LogP contribution < -0.4 is 0 Å². The molecule has 0 saturated heterocycles. The fourth-order valence-corrected chi connectivity index (χ4v) is 3.81. The van der Waals surface area contributed by atoms with Crippen LogP contribution in [0.2, 0.25) is 0 Å². The molecule has 1 fully saturated rings. The molecule has 0 bridgehead atoms. The summed E-state index contributed by atoms with van der Waals surface area (Å²) in [6, 6.07) is 9.21. The second-order valence-electron chi connectivity index (χ2n) is 6.67. The first kappa shape index (κ1) is 16.9. The van der Waals surface area contributed by atoms with Crippen LogP contribution in [0.1, 0.15) is 100.0 Å². The highest BCUT2D eigenvalue weighted by Gasteiger charge is 2.16. The summed E-state index contributed by atoms with van der Waals surface area (Å²) >= 11 is 6.56. The molecule has 0 N–H and O–H groups in total. The first-order chi connectivity index (χ1) is 10.3. The summed E-state index contributed by atoms with van der Waals surface area (Å²) in [6.45, 7) is 2.26. The summed E-state index contributed by atoms with van der Waals surface area (Å²) in [5, 5.41) is 0.201. The van der Waals surface area contributed by atoms with E-state index in [-0.39, 0.29) is 5.38 Å². The lowest BCUT2D eigenvalue weighted by molar-refractivity contribution is 0.443. The fraction of sp³-hybridized carbons (Fsp3) is 0.700. The van der Waals surface area contributed by atoms with Crippen LogP contribution in [0.3, 0.4) is 0 Å². The molecule has 1 aromatic carbocycles. The van der Waals surface area contributed by atoms with Crippen LogP contribution in [-0.2, 0) is 0 Å². The van der Waals surface area contributed by atoms with Gasteiger partial charge in [0.2, 0.25) is 0 Å². The number of hydrogen-bond acceptors (Lipinski definition) is 0. The third-order valence-corrected chi connectivity index (χ3v) is 5.41. The van der Waals surface area contributed by atoms with Crippen LogP contribution in [0.5, 0.6) is 0 Å². The van der Waals surface area contributed by atoms with Crippen molar-refractivity contribution < 1.29 is 0 Å². The predicted octanol–water partition coefficient (Wildman–Crippen LogP) is 7.37. The van der Waals surface area contributed by atoms with Gasteiger partial charge in [-0.3, -0.25) is 0 Å². The highest BCUT2D eigenvalue weighted by molar-refractivity contribution is 6.20. The minimum atomic E-state index is 0.201. The van der Waals surface area contributed by atoms with Gasteiger partial charge < -0.3 is 0 Å². The average Bonchev–Trinajstić information content (AvgIpc) is 2.55. The molecule has 0 heterocycles. The first-order valence-electron chi connectivity index (χ1n) is 9.05. The van der Waals surface area contributed by atoms with E-state index in [1.165, 1.54) is 75.3 Å². The Kier molecular flexibility index (Phi) is 7.64. The van der Waals surface area contributed by atoms with E-state index in [1.807, 2.05) is 0 Å². The lowest BCUT2D eigenvalue weighted by Crippen LogP contribution is -2.04. The molecule has 1 aliphatic carbocycles. The molecule has 0 aromatic heterocycles. The van der Waals surface area contributed by atoms with Crippen LogP contribution in [0.15, 0.2) is 24.3 Å². The van der Waals surface area contributed by atoms with Crippen LogP contribution in [0, 0.1) is 0 Å². The molecule has 0 spiro atoms. The number of alkyl halides is 1. The second-order valence-corrected chi connectivity index (χ2v) is 7.20. The molecular formula is C20H31Cl. The molecule has 1 unspecified atom stereocenters. The number of benzene rings is 1. The van der Waals surface area contributed by atoms with Gasteiger partial charge in [0.25, 0.3) is 0 Å². The van der Waals surface area contributed by atoms with Gasteiger partial charge in [0.05, 0.1) is 5.38 Å². The van der Waals surface area contributed by atoms with Gasteiger partial charge in [-0.2, -0.15) is 0 Å². The normalized spacial score (nSPS) is 17.8. The molecule has 0 amide bonds. The van der Waals surface area contributed by atoms with Crippen molar-refractivity contribution in [3.63, 3.8) is 0 Å². The maximum atomic E-state index is 6.56. The maximum absolute atomic E-state index is 6.56. The summed E-state index contributed by atoms with van der Waals surface area (Å²) in [6.07, 6.45) is 14.7. The van der Waals surface area contributed by atoms with E-state index in [9.17, 15) is 0 Å². The van der Waals surface area contributed by atoms with Gasteiger partial charge in [0.1, 0.15) is 0 Å². The number of unbranched alkanes of at least 4 members (excludes halogenated alkanes) is 4. The summed E-state index contributed by atoms with van der Waals surface area (Å²) < 4.78 is 0. The Morgan fingerprint density at radius 2 is 1.62 bits per heavy atom. The molecule has 1 heteroatoms. The quantitative estimate of drug-likeness (QED) is 0.347. The molecule has 1 saturated carbocycles. The molecule has 0 nitrogen and oxygen atoms in total. The molecule has 1 atom stereocenters. The van der Waals surface area contributed by atoms with Crippen LogP contribution in [0.4, 0.5) is 0 Å². The third-order valence-electron chi connectivity index (χ3n) is 4.94. The monoisotopic (exact) mass is 306 g/mol. The highest BCUT2D eigenvalue weighted by atomic mass is 35.5. The van der Waals surface area contributed by atoms with Crippen LogP contribution >= 0.6 is 11.6 Å². The third kappa shape index (κ3) is 5.66. The lowest BCUT2D eigenvalue weighted by Gasteiger charge is -2.22. The van der Waals surface area contributed by atoms with Gasteiger partial charge in [-0.15, -0.1) is 11.6 Å². The Morgan fingerprint density at radius 3 is 2.29 bits per heavy atom. The summed E-state index contributed by atoms with van der Waals surface area (Å²) in [5.74, 6) is 0.801. The number of hydrogen-bond donors (Lipinski definition) is 0. The predicted molar refractivity (Wildman–Crippen MR) is 94.2 cm³/mol. The van der Waals surface area contributed by atoms with Crippen molar-refractivity contribution in [1.29, 1.82) is 0 Å². The second kappa shape index (κ2) is 9.51. The zero-order valence-electron chi connectivity index (χ0n) is 13.6. The largest absolute Gasteiger partial charge is 0.118 e. The summed E-state index contributed by atoms with van der Waals surface area (Å²) in [4.78, 5) is 0. The zero-order valence-corrected chi connectivity index (χ0v) is 14.4. The van der Waals surface area contributed by atoms with E-state index >= 15 is 0 Å². The molecule has 118 valence electrons. The molecule has 1 aromatic rings. The molecule has 21 heavy (non-hydrogen) atoms. The van der Waals surface area contributed by atoms with Crippen LogP contribution in [0.25, 0.3) is 0 Å². The average molecular weight is 307 g/mol. The molecule has 0 aliphatic heterocycles. The van der Waals surface area contributed by atoms with Gasteiger partial charge in [0.15, 0.2) is 0 Å². The first-order valence-corrected chi connectivity index (χ1v) is 9.49. The van der Waals surface area contributed by atoms with Crippen molar-refractivity contribution in [2.24, 2.45) is 0 Å². The van der Waals surface area contributed by atoms with Gasteiger partial charge in [0, 0.05) is 0 Å². The highest BCUT2D eigenvalue weighted by Crippen LogP contribution is 2.34. The molecule has 0 radical (unpaired) electrons. The zero-order chi connectivity index (χ0) is 14.9. The Hall–Kier alpha value is -0.490. The SMILES string of the molecule is CCCCCCCC(Cl)c1ccc(C2CCCCC2)cc1. The van der Waals surface area contributed by atoms with Crippen molar-refractivity contribution >= 4 is 11.6 Å². The molecule has 1 aliphatic rings. The van der Waals surface area contributed by atoms with E-state index in [0.29, 0.717) is 0 Å². The Morgan fingerprint density at radius 1 is 0.952 bits per heavy atom. The Balaban J connectivity index is 1.77. The summed E-state index contributed by atoms with van der Waals surface area (Å²) in [5.41, 5.74) is 2.84. The van der Waals surface area contributed by atoms with Crippen molar-refractivity contribution in [1.82, 2.24) is 0 Å². The lowest BCUT2D eigenvalue weighted by atomic mass is 9.84. The number of rotatable bonds is 8. The van der Waals surface area contributed by atoms with Gasteiger partial charge in [-0.1, -0.05) is 82.6 Å². The standard InChI is InChI=1S/C20H31Cl/c1-2-3-4-5-9-12-20(21)19-15-13-18(14-16-19)17-10-7-6-8-11-17/h13-17,20H,2-12H2,1H3. The topological polar surface area (TPSA) is 0 Å². The minimum Gasteiger partial charge on any atom is -0.118 e. The van der Waals surface area contributed by atoms with Crippen molar-refractivity contribution in [2.75, 3.05) is 0 Å². The molecule has 2 rings (SSSR count). The minimum absolute atomic E-state index is 0.201. The van der Waals surface area contributed by atoms with E-state index in [2.05, 4.69) is 31.2 Å². The van der Waals surface area contributed by atoms with Crippen molar-refractivity contribution in [3.8, 4) is 0 Å². The molecular weight excluding hydrogens is 276 g/mol. The van der Waals surface area contributed by atoms with E-state index < -0.39 is 0 Å². The Labute approximate surface area is 136 Å². The Bertz CT molecular complexity index is 375. The van der Waals surface area contributed by atoms with E-state index in [4.69, 9.17) is 11.6 Å². The summed E-state index contributed by atoms with van der Waals surface area (Å²) in [7, 11) is 0. The smallest absolute Gasteiger partial charge is 0.0585 e. The van der Waals surface area contributed by atoms with Crippen LogP contribution in [-0.4, -0.2) is 0 Å². The van der Waals surface area contributed by atoms with E-state index in [0.717, 1.165) is 12.3 Å². The van der Waals surface area contributed by atoms with Gasteiger partial charge in [-0.05, 0) is 36.3 Å². The van der Waals surface area contributed by atoms with Gasteiger partial charge >= 0.3 is 0 Å². The fourth-order valence-electron chi connectivity index (χ4n) is 3.51. The maximum Gasteiger partial charge on any atom is 0.0585 e. The van der Waals surface area contributed by atoms with E-state index in [1.54, 1.807) is 0 Å². The van der Waals surface area contributed by atoms with Gasteiger partial charge in [-0.25, -0.2) is 0 Å².